The Balaban J connectivity index is -0.000000143. The third-order valence-corrected chi connectivity index (χ3v) is 0.664. The van der Waals surface area contributed by atoms with Crippen LogP contribution in [0.25, 0.3) is 0 Å². The molecular formula is C6H8O6Pt. The summed E-state index contributed by atoms with van der Waals surface area (Å²) in [6, 6.07) is 0. The van der Waals surface area contributed by atoms with E-state index in [0.29, 0.717) is 0 Å². The first-order valence-electron chi connectivity index (χ1n) is 3.02. The molecule has 0 aromatic carbocycles. The van der Waals surface area contributed by atoms with E-state index >= 15 is 0 Å². The van der Waals surface area contributed by atoms with Gasteiger partial charge in [-0.2, -0.15) is 0 Å². The summed E-state index contributed by atoms with van der Waals surface area (Å²) >= 11 is 0. The second kappa shape index (κ2) is 9.63. The van der Waals surface area contributed by atoms with E-state index < -0.39 is 24.1 Å². The predicted molar refractivity (Wildman–Crippen MR) is 28.9 cm³/mol. The fraction of sp³-hybridized carbons (Fsp3) is 0.667. The van der Waals surface area contributed by atoms with Crippen LogP contribution in [0.5, 0.6) is 0 Å². The van der Waals surface area contributed by atoms with E-state index in [4.69, 9.17) is 0 Å². The zero-order chi connectivity index (χ0) is 10.3. The van der Waals surface area contributed by atoms with E-state index in [9.17, 15) is 30.0 Å². The predicted octanol–water partition coefficient (Wildman–Crippen LogP) is -5.03. The Hall–Kier alpha value is -0.452. The summed E-state index contributed by atoms with van der Waals surface area (Å²) in [7, 11) is 0. The minimum Gasteiger partial charge on any atom is -0.848 e. The first kappa shape index (κ1) is 18.4. The smallest absolute Gasteiger partial charge is 0.848 e. The van der Waals surface area contributed by atoms with Crippen LogP contribution in [0, 0.1) is 0 Å². The van der Waals surface area contributed by atoms with Crippen molar-refractivity contribution in [1.82, 2.24) is 0 Å². The van der Waals surface area contributed by atoms with Crippen LogP contribution in [0.2, 0.25) is 0 Å². The third kappa shape index (κ3) is 18.5. The van der Waals surface area contributed by atoms with Crippen molar-refractivity contribution in [3.63, 3.8) is 0 Å². The zero-order valence-corrected chi connectivity index (χ0v) is 9.19. The van der Waals surface area contributed by atoms with Crippen molar-refractivity contribution in [2.75, 3.05) is 0 Å². The number of hydrogen-bond acceptors (Lipinski definition) is 6. The minimum atomic E-state index is -1.59. The third-order valence-electron chi connectivity index (χ3n) is 0.664. The number of hydrogen-bond donors (Lipinski definition) is 0. The van der Waals surface area contributed by atoms with Gasteiger partial charge in [0.15, 0.2) is 0 Å². The minimum absolute atomic E-state index is 0. The normalized spacial score (nSPS) is 12.6. The summed E-state index contributed by atoms with van der Waals surface area (Å²) in [4.78, 5) is 18.6. The van der Waals surface area contributed by atoms with Crippen molar-refractivity contribution >= 4 is 11.9 Å². The van der Waals surface area contributed by atoms with Crippen LogP contribution in [-0.4, -0.2) is 24.1 Å². The number of carbonyl (C=O) groups excluding carboxylic acids is 2. The maximum atomic E-state index is 9.56. The van der Waals surface area contributed by atoms with Crippen molar-refractivity contribution in [3.8, 4) is 0 Å². The van der Waals surface area contributed by atoms with Crippen LogP contribution in [-0.2, 0) is 30.7 Å². The van der Waals surface area contributed by atoms with Crippen LogP contribution < -0.4 is 20.4 Å². The van der Waals surface area contributed by atoms with E-state index in [-0.39, 0.29) is 21.1 Å². The first-order valence-corrected chi connectivity index (χ1v) is 3.02. The van der Waals surface area contributed by atoms with Gasteiger partial charge < -0.3 is 30.0 Å². The van der Waals surface area contributed by atoms with Crippen molar-refractivity contribution in [2.24, 2.45) is 0 Å². The summed E-state index contributed by atoms with van der Waals surface area (Å²) < 4.78 is 0. The van der Waals surface area contributed by atoms with Gasteiger partial charge in [-0.3, -0.25) is 0 Å². The molecule has 0 aliphatic rings. The summed E-state index contributed by atoms with van der Waals surface area (Å²) in [6.45, 7) is 2.05. The molecule has 7 heteroatoms. The van der Waals surface area contributed by atoms with Gasteiger partial charge in [-0.1, -0.05) is 26.1 Å². The van der Waals surface area contributed by atoms with Gasteiger partial charge >= 0.3 is 21.1 Å². The van der Waals surface area contributed by atoms with Gasteiger partial charge in [-0.15, -0.1) is 0 Å². The van der Waals surface area contributed by atoms with E-state index in [1.54, 1.807) is 0 Å². The molecular weight excluding hydrogens is 363 g/mol. The maximum absolute atomic E-state index is 9.56. The zero-order valence-electron chi connectivity index (χ0n) is 6.92. The largest absolute Gasteiger partial charge is 4.00 e. The van der Waals surface area contributed by atoms with E-state index in [0.717, 1.165) is 13.8 Å². The molecule has 0 aromatic heterocycles. The summed E-state index contributed by atoms with van der Waals surface area (Å²) in [5.74, 6) is -3.09. The van der Waals surface area contributed by atoms with Crippen molar-refractivity contribution in [1.29, 1.82) is 0 Å². The fourth-order valence-corrected chi connectivity index (χ4v) is 0. The van der Waals surface area contributed by atoms with E-state index in [1.165, 1.54) is 0 Å². The van der Waals surface area contributed by atoms with Gasteiger partial charge in [0.2, 0.25) is 0 Å². The molecule has 0 aliphatic heterocycles. The molecule has 0 saturated carbocycles. The Morgan fingerprint density at radius 2 is 1.00 bits per heavy atom. The number of rotatable bonds is 2. The Morgan fingerprint density at radius 1 is 0.923 bits per heavy atom. The van der Waals surface area contributed by atoms with E-state index in [2.05, 4.69) is 0 Å². The average Bonchev–Trinajstić information content (AvgIpc) is 1.88. The first-order chi connectivity index (χ1) is 5.29. The van der Waals surface area contributed by atoms with Gasteiger partial charge in [0.05, 0.1) is 0 Å². The monoisotopic (exact) mass is 371 g/mol. The Kier molecular flexibility index (Phi) is 13.6. The number of carbonyl (C=O) groups is 2. The quantitative estimate of drug-likeness (QED) is 0.478. The van der Waals surface area contributed by atoms with Crippen LogP contribution in [0.1, 0.15) is 13.8 Å². The molecule has 0 aromatic rings. The van der Waals surface area contributed by atoms with Crippen molar-refractivity contribution < 1.29 is 51.1 Å². The molecule has 2 unspecified atom stereocenters. The molecule has 0 amide bonds. The molecule has 78 valence electrons. The molecule has 0 radical (unpaired) electrons. The molecule has 6 nitrogen and oxygen atoms in total. The van der Waals surface area contributed by atoms with Gasteiger partial charge in [-0.05, 0) is 0 Å². The van der Waals surface area contributed by atoms with Crippen LogP contribution >= 0.6 is 0 Å². The molecule has 0 aliphatic carbocycles. The summed E-state index contributed by atoms with van der Waals surface area (Å²) in [6.07, 6.45) is -3.19. The average molecular weight is 371 g/mol. The molecule has 0 rings (SSSR count). The summed E-state index contributed by atoms with van der Waals surface area (Å²) in [5, 5.41) is 37.7. The van der Waals surface area contributed by atoms with Gasteiger partial charge in [-0.25, -0.2) is 0 Å². The second-order valence-corrected chi connectivity index (χ2v) is 1.92. The molecule has 2 atom stereocenters. The topological polar surface area (TPSA) is 126 Å². The molecule has 0 bridgehead atoms. The SMILES string of the molecule is CC([O-])C(=O)[O-].CC([O-])C(=O)[O-].[Pt+4]. The van der Waals surface area contributed by atoms with Crippen molar-refractivity contribution in [2.45, 2.75) is 26.1 Å². The second-order valence-electron chi connectivity index (χ2n) is 1.92. The molecule has 0 spiro atoms. The Bertz CT molecular complexity index is 137. The molecule has 13 heavy (non-hydrogen) atoms. The van der Waals surface area contributed by atoms with E-state index in [1.807, 2.05) is 0 Å². The van der Waals surface area contributed by atoms with Gasteiger partial charge in [0, 0.05) is 11.9 Å². The number of aliphatic carboxylic acids is 2. The van der Waals surface area contributed by atoms with Crippen LogP contribution in [0.3, 0.4) is 0 Å². The van der Waals surface area contributed by atoms with Gasteiger partial charge in [0.25, 0.3) is 0 Å². The van der Waals surface area contributed by atoms with Crippen LogP contribution in [0.15, 0.2) is 0 Å². The molecule has 0 fully saturated rings. The molecule has 0 heterocycles. The van der Waals surface area contributed by atoms with Gasteiger partial charge in [0.1, 0.15) is 0 Å². The fourth-order valence-electron chi connectivity index (χ4n) is 0. The standard InChI is InChI=1S/2C3H5O3.Pt/c2*1-2(4)3(5)6;/h2*2H,1H3,(H,5,6);/q2*-1;+4/p-2. The van der Waals surface area contributed by atoms with Crippen LogP contribution in [0.4, 0.5) is 0 Å². The summed E-state index contributed by atoms with van der Waals surface area (Å²) in [5.41, 5.74) is 0. The maximum Gasteiger partial charge on any atom is 4.00 e. The number of carboxylic acid groups (broad SMARTS) is 2. The molecule has 0 N–H and O–H groups in total. The Morgan fingerprint density at radius 3 is 1.00 bits per heavy atom. The molecule has 0 saturated heterocycles. The number of carboxylic acids is 2. The van der Waals surface area contributed by atoms with Crippen molar-refractivity contribution in [3.05, 3.63) is 0 Å². The Labute approximate surface area is 89.5 Å².